The quantitative estimate of drug-likeness (QED) is 0.372. The van der Waals surface area contributed by atoms with Gasteiger partial charge in [-0.3, -0.25) is 0 Å². The van der Waals surface area contributed by atoms with Crippen molar-refractivity contribution in [3.63, 3.8) is 0 Å². The van der Waals surface area contributed by atoms with E-state index in [9.17, 15) is 4.79 Å². The number of thiazole rings is 1. The number of piperazine rings is 1. The van der Waals surface area contributed by atoms with Gasteiger partial charge in [-0.1, -0.05) is 42.2 Å². The standard InChI is InChI=1S/C25H28N3O2S.BrH/c1-3-15-28-22-7-5-6-8-23(22)31-24(28)14-11-20-9-12-21(13-10-20)26-16-18-27(19-17-26)25(29)30-4-2;/h3,5-14H,1,4,15-19H2,2H3;1H/q+1;/p-1. The number of halogens is 1. The first-order chi connectivity index (χ1) is 15.2. The Morgan fingerprint density at radius 1 is 1.09 bits per heavy atom. The Balaban J connectivity index is 0.00000289. The fourth-order valence-electron chi connectivity index (χ4n) is 3.82. The highest BCUT2D eigenvalue weighted by molar-refractivity contribution is 7.18. The first kappa shape index (κ1) is 24.0. The minimum atomic E-state index is -0.211. The van der Waals surface area contributed by atoms with Crippen LogP contribution in [-0.2, 0) is 11.3 Å². The van der Waals surface area contributed by atoms with Crippen LogP contribution in [0.1, 0.15) is 17.5 Å². The number of carbonyl (C=O) groups is 1. The molecule has 5 nitrogen and oxygen atoms in total. The van der Waals surface area contributed by atoms with Crippen molar-refractivity contribution in [1.29, 1.82) is 0 Å². The van der Waals surface area contributed by atoms with Crippen LogP contribution in [0.5, 0.6) is 0 Å². The summed E-state index contributed by atoms with van der Waals surface area (Å²) in [5.74, 6) is 0. The molecule has 32 heavy (non-hydrogen) atoms. The minimum absolute atomic E-state index is 0. The molecule has 1 aliphatic heterocycles. The third-order valence-electron chi connectivity index (χ3n) is 5.43. The van der Waals surface area contributed by atoms with Crippen molar-refractivity contribution in [2.75, 3.05) is 37.7 Å². The number of fused-ring (bicyclic) bond motifs is 1. The number of nitrogens with zero attached hydrogens (tertiary/aromatic N) is 3. The molecule has 1 fully saturated rings. The summed E-state index contributed by atoms with van der Waals surface area (Å²) in [7, 11) is 0. The minimum Gasteiger partial charge on any atom is -1.00 e. The van der Waals surface area contributed by atoms with Crippen molar-refractivity contribution in [2.24, 2.45) is 0 Å². The molecule has 2 heterocycles. The van der Waals surface area contributed by atoms with E-state index in [4.69, 9.17) is 4.74 Å². The predicted molar refractivity (Wildman–Crippen MR) is 128 cm³/mol. The molecule has 3 aromatic rings. The largest absolute Gasteiger partial charge is 1.00 e. The van der Waals surface area contributed by atoms with Crippen molar-refractivity contribution in [3.8, 4) is 0 Å². The summed E-state index contributed by atoms with van der Waals surface area (Å²) in [6.45, 7) is 9.97. The lowest BCUT2D eigenvalue weighted by atomic mass is 10.1. The molecule has 0 aliphatic carbocycles. The van der Waals surface area contributed by atoms with Gasteiger partial charge in [-0.05, 0) is 42.8 Å². The second-order valence-corrected chi connectivity index (χ2v) is 8.47. The number of hydrogen-bond donors (Lipinski definition) is 0. The highest BCUT2D eigenvalue weighted by Gasteiger charge is 2.22. The Kier molecular flexibility index (Phi) is 8.47. The first-order valence-electron chi connectivity index (χ1n) is 10.7. The smallest absolute Gasteiger partial charge is 0.409 e. The number of amides is 1. The lowest BCUT2D eigenvalue weighted by Crippen LogP contribution is -3.00. The number of para-hydroxylation sites is 1. The van der Waals surface area contributed by atoms with Gasteiger partial charge < -0.3 is 31.5 Å². The van der Waals surface area contributed by atoms with Crippen LogP contribution >= 0.6 is 11.3 Å². The maximum absolute atomic E-state index is 11.9. The molecule has 1 aliphatic rings. The Morgan fingerprint density at radius 2 is 1.81 bits per heavy atom. The first-order valence-corrected chi connectivity index (χ1v) is 11.5. The number of anilines is 1. The Morgan fingerprint density at radius 3 is 2.50 bits per heavy atom. The topological polar surface area (TPSA) is 36.7 Å². The third kappa shape index (κ3) is 5.40. The average Bonchev–Trinajstić information content (AvgIpc) is 3.16. The van der Waals surface area contributed by atoms with Gasteiger partial charge in [0.05, 0.1) is 6.61 Å². The number of rotatable bonds is 6. The summed E-state index contributed by atoms with van der Waals surface area (Å²) in [6, 6.07) is 17.1. The van der Waals surface area contributed by atoms with Crippen molar-refractivity contribution < 1.29 is 31.1 Å². The molecule has 0 unspecified atom stereocenters. The van der Waals surface area contributed by atoms with E-state index in [2.05, 4.69) is 76.7 Å². The van der Waals surface area contributed by atoms with Crippen molar-refractivity contribution >= 4 is 45.5 Å². The van der Waals surface area contributed by atoms with Crippen LogP contribution in [0.4, 0.5) is 10.5 Å². The third-order valence-corrected chi connectivity index (χ3v) is 6.56. The fourth-order valence-corrected chi connectivity index (χ4v) is 4.89. The fraction of sp³-hybridized carbons (Fsp3) is 0.280. The highest BCUT2D eigenvalue weighted by Crippen LogP contribution is 2.23. The molecule has 7 heteroatoms. The van der Waals surface area contributed by atoms with E-state index < -0.39 is 0 Å². The summed E-state index contributed by atoms with van der Waals surface area (Å²) < 4.78 is 8.67. The number of ether oxygens (including phenoxy) is 1. The zero-order chi connectivity index (χ0) is 21.6. The summed E-state index contributed by atoms with van der Waals surface area (Å²) in [4.78, 5) is 16.0. The monoisotopic (exact) mass is 513 g/mol. The number of carbonyl (C=O) groups excluding carboxylic acids is 1. The maximum Gasteiger partial charge on any atom is 0.409 e. The van der Waals surface area contributed by atoms with E-state index in [0.29, 0.717) is 19.7 Å². The van der Waals surface area contributed by atoms with Gasteiger partial charge in [-0.2, -0.15) is 4.57 Å². The predicted octanol–water partition coefficient (Wildman–Crippen LogP) is 1.83. The summed E-state index contributed by atoms with van der Waals surface area (Å²) >= 11 is 1.79. The molecule has 4 rings (SSSR count). The van der Waals surface area contributed by atoms with Crippen LogP contribution in [0, 0.1) is 0 Å². The van der Waals surface area contributed by atoms with Gasteiger partial charge in [0.2, 0.25) is 5.52 Å². The van der Waals surface area contributed by atoms with E-state index in [1.165, 1.54) is 20.9 Å². The summed E-state index contributed by atoms with van der Waals surface area (Å²) in [5.41, 5.74) is 3.59. The van der Waals surface area contributed by atoms with Gasteiger partial charge in [-0.15, -0.1) is 0 Å². The number of allylic oxidation sites excluding steroid dienone is 1. The van der Waals surface area contributed by atoms with Crippen LogP contribution in [0.3, 0.4) is 0 Å². The molecule has 1 saturated heterocycles. The van der Waals surface area contributed by atoms with Crippen molar-refractivity contribution in [1.82, 2.24) is 4.90 Å². The van der Waals surface area contributed by atoms with E-state index in [1.807, 2.05) is 13.0 Å². The van der Waals surface area contributed by atoms with Gasteiger partial charge in [0.15, 0.2) is 6.54 Å². The SMILES string of the molecule is C=CC[n+]1c(/C=C/c2ccc(N3CCN(C(=O)OCC)CC3)cc2)sc2ccccc21.[Br-]. The Bertz CT molecular complexity index is 1090. The molecular weight excluding hydrogens is 486 g/mol. The van der Waals surface area contributed by atoms with Gasteiger partial charge in [-0.25, -0.2) is 4.79 Å². The molecule has 0 N–H and O–H groups in total. The second-order valence-electron chi connectivity index (χ2n) is 7.41. The number of benzene rings is 2. The van der Waals surface area contributed by atoms with Crippen molar-refractivity contribution in [2.45, 2.75) is 13.5 Å². The molecule has 0 saturated carbocycles. The number of aromatic nitrogens is 1. The molecule has 2 aromatic carbocycles. The molecular formula is C25H28BrN3O2S. The summed E-state index contributed by atoms with van der Waals surface area (Å²) in [5, 5.41) is 1.21. The highest BCUT2D eigenvalue weighted by atomic mass is 79.9. The van der Waals surface area contributed by atoms with Gasteiger partial charge in [0.1, 0.15) is 4.70 Å². The van der Waals surface area contributed by atoms with Crippen LogP contribution in [-0.4, -0.2) is 43.8 Å². The van der Waals surface area contributed by atoms with Crippen LogP contribution < -0.4 is 26.4 Å². The lowest BCUT2D eigenvalue weighted by Gasteiger charge is -2.35. The zero-order valence-corrected chi connectivity index (χ0v) is 20.6. The molecule has 1 amide bonds. The Labute approximate surface area is 204 Å². The maximum atomic E-state index is 11.9. The van der Waals surface area contributed by atoms with E-state index in [1.54, 1.807) is 16.2 Å². The van der Waals surface area contributed by atoms with Crippen LogP contribution in [0.15, 0.2) is 61.2 Å². The molecule has 0 bridgehead atoms. The zero-order valence-electron chi connectivity index (χ0n) is 18.2. The molecule has 168 valence electrons. The van der Waals surface area contributed by atoms with E-state index >= 15 is 0 Å². The Hall–Kier alpha value is -2.64. The summed E-state index contributed by atoms with van der Waals surface area (Å²) in [6.07, 6.45) is 6.07. The van der Waals surface area contributed by atoms with Crippen molar-refractivity contribution in [3.05, 3.63) is 71.8 Å². The normalized spacial score (nSPS) is 13.9. The van der Waals surface area contributed by atoms with Gasteiger partial charge >= 0.3 is 6.09 Å². The number of hydrogen-bond acceptors (Lipinski definition) is 4. The lowest BCUT2D eigenvalue weighted by molar-refractivity contribution is -0.658. The average molecular weight is 514 g/mol. The molecule has 1 aromatic heterocycles. The molecule has 0 atom stereocenters. The molecule has 0 spiro atoms. The van der Waals surface area contributed by atoms with Crippen LogP contribution in [0.2, 0.25) is 0 Å². The van der Waals surface area contributed by atoms with E-state index in [0.717, 1.165) is 25.2 Å². The van der Waals surface area contributed by atoms with E-state index in [-0.39, 0.29) is 23.1 Å². The van der Waals surface area contributed by atoms with Crippen LogP contribution in [0.25, 0.3) is 22.4 Å². The molecule has 0 radical (unpaired) electrons. The second kappa shape index (κ2) is 11.3. The van der Waals surface area contributed by atoms with Gasteiger partial charge in [0, 0.05) is 44.0 Å². The van der Waals surface area contributed by atoms with Gasteiger partial charge in [0.25, 0.3) is 5.01 Å².